The maximum atomic E-state index is 5.97. The average Bonchev–Trinajstić information content (AvgIpc) is 3.06. The van der Waals surface area contributed by atoms with E-state index in [1.807, 2.05) is 16.9 Å². The third-order valence-corrected chi connectivity index (χ3v) is 4.00. The molecule has 0 aliphatic rings. The SMILES string of the molecule is CCC(C)c1ccc(NC(N)=NCC(C)Cn2cccn2)cc1.I. The first-order chi connectivity index (χ1) is 11.1. The van der Waals surface area contributed by atoms with Crippen molar-refractivity contribution in [1.82, 2.24) is 9.78 Å². The molecule has 0 saturated carbocycles. The molecule has 0 fully saturated rings. The molecule has 5 nitrogen and oxygen atoms in total. The summed E-state index contributed by atoms with van der Waals surface area (Å²) in [6.45, 7) is 8.08. The van der Waals surface area contributed by atoms with E-state index in [4.69, 9.17) is 5.73 Å². The minimum Gasteiger partial charge on any atom is -0.370 e. The molecule has 3 N–H and O–H groups in total. The predicted octanol–water partition coefficient (Wildman–Crippen LogP) is 4.08. The molecule has 2 aromatic rings. The maximum absolute atomic E-state index is 5.97. The van der Waals surface area contributed by atoms with Gasteiger partial charge in [0.05, 0.1) is 0 Å². The van der Waals surface area contributed by atoms with E-state index in [0.29, 0.717) is 24.3 Å². The van der Waals surface area contributed by atoms with E-state index in [1.54, 1.807) is 6.20 Å². The second-order valence-corrected chi connectivity index (χ2v) is 6.12. The molecule has 1 aromatic carbocycles. The van der Waals surface area contributed by atoms with Crippen molar-refractivity contribution in [2.24, 2.45) is 16.6 Å². The monoisotopic (exact) mass is 441 g/mol. The standard InChI is InChI=1S/C18H27N5.HI/c1-4-15(3)16-6-8-17(9-7-16)22-18(19)20-12-14(2)13-23-11-5-10-21-23;/h5-11,14-15H,4,12-13H2,1-3H3,(H3,19,20,22);1H. The van der Waals surface area contributed by atoms with Crippen molar-refractivity contribution in [1.29, 1.82) is 0 Å². The van der Waals surface area contributed by atoms with Gasteiger partial charge in [-0.2, -0.15) is 5.10 Å². The zero-order valence-electron chi connectivity index (χ0n) is 14.6. The summed E-state index contributed by atoms with van der Waals surface area (Å²) in [4.78, 5) is 4.42. The molecule has 24 heavy (non-hydrogen) atoms. The summed E-state index contributed by atoms with van der Waals surface area (Å²) in [5.74, 6) is 1.41. The number of halogens is 1. The Hall–Kier alpha value is -1.57. The van der Waals surface area contributed by atoms with Gasteiger partial charge >= 0.3 is 0 Å². The fraction of sp³-hybridized carbons (Fsp3) is 0.444. The zero-order chi connectivity index (χ0) is 16.7. The summed E-state index contributed by atoms with van der Waals surface area (Å²) in [6.07, 6.45) is 4.89. The first-order valence-corrected chi connectivity index (χ1v) is 8.22. The molecule has 2 atom stereocenters. The van der Waals surface area contributed by atoms with Crippen LogP contribution in [-0.4, -0.2) is 22.3 Å². The Morgan fingerprint density at radius 1 is 1.29 bits per heavy atom. The van der Waals surface area contributed by atoms with Gasteiger partial charge in [0.2, 0.25) is 0 Å². The maximum Gasteiger partial charge on any atom is 0.193 e. The Morgan fingerprint density at radius 3 is 2.58 bits per heavy atom. The van der Waals surface area contributed by atoms with Crippen LogP contribution in [0.15, 0.2) is 47.7 Å². The van der Waals surface area contributed by atoms with Gasteiger partial charge in [0, 0.05) is 31.2 Å². The van der Waals surface area contributed by atoms with Gasteiger partial charge in [-0.3, -0.25) is 9.67 Å². The van der Waals surface area contributed by atoms with Gasteiger partial charge in [0.25, 0.3) is 0 Å². The first kappa shape index (κ1) is 20.5. The molecule has 0 saturated heterocycles. The molecule has 132 valence electrons. The van der Waals surface area contributed by atoms with Gasteiger partial charge in [-0.05, 0) is 42.0 Å². The lowest BCUT2D eigenvalue weighted by Gasteiger charge is -2.12. The fourth-order valence-corrected chi connectivity index (χ4v) is 2.36. The second-order valence-electron chi connectivity index (χ2n) is 6.12. The molecule has 1 heterocycles. The number of aromatic nitrogens is 2. The molecule has 0 amide bonds. The first-order valence-electron chi connectivity index (χ1n) is 8.22. The van der Waals surface area contributed by atoms with Crippen LogP contribution in [0.5, 0.6) is 0 Å². The number of aliphatic imine (C=N–C) groups is 1. The van der Waals surface area contributed by atoms with Gasteiger partial charge in [0.15, 0.2) is 5.96 Å². The van der Waals surface area contributed by atoms with Crippen LogP contribution in [0.25, 0.3) is 0 Å². The molecule has 0 aliphatic heterocycles. The number of hydrogen-bond donors (Lipinski definition) is 2. The van der Waals surface area contributed by atoms with Gasteiger partial charge in [0.1, 0.15) is 0 Å². The Morgan fingerprint density at radius 2 is 2.00 bits per heavy atom. The number of anilines is 1. The summed E-state index contributed by atoms with van der Waals surface area (Å²) >= 11 is 0. The highest BCUT2D eigenvalue weighted by molar-refractivity contribution is 14.0. The van der Waals surface area contributed by atoms with Crippen LogP contribution >= 0.6 is 24.0 Å². The van der Waals surface area contributed by atoms with Gasteiger partial charge in [-0.25, -0.2) is 0 Å². The van der Waals surface area contributed by atoms with Crippen LogP contribution < -0.4 is 11.1 Å². The minimum absolute atomic E-state index is 0. The topological polar surface area (TPSA) is 68.2 Å². The Kier molecular flexibility index (Phi) is 8.81. The smallest absolute Gasteiger partial charge is 0.193 e. The van der Waals surface area contributed by atoms with Crippen LogP contribution in [0.4, 0.5) is 5.69 Å². The van der Waals surface area contributed by atoms with E-state index in [2.05, 4.69) is 60.4 Å². The van der Waals surface area contributed by atoms with Crippen LogP contribution in [-0.2, 0) is 6.54 Å². The lowest BCUT2D eigenvalue weighted by Crippen LogP contribution is -2.24. The third-order valence-electron chi connectivity index (χ3n) is 4.00. The predicted molar refractivity (Wildman–Crippen MR) is 112 cm³/mol. The van der Waals surface area contributed by atoms with Gasteiger partial charge in [-0.1, -0.05) is 32.9 Å². The summed E-state index contributed by atoms with van der Waals surface area (Å²) in [7, 11) is 0. The van der Waals surface area contributed by atoms with Crippen molar-refractivity contribution in [3.8, 4) is 0 Å². The summed E-state index contributed by atoms with van der Waals surface area (Å²) in [5.41, 5.74) is 8.29. The summed E-state index contributed by atoms with van der Waals surface area (Å²) < 4.78 is 1.91. The average molecular weight is 441 g/mol. The highest BCUT2D eigenvalue weighted by Crippen LogP contribution is 2.20. The Balaban J connectivity index is 0.00000288. The number of hydrogen-bond acceptors (Lipinski definition) is 2. The number of rotatable bonds is 7. The van der Waals surface area contributed by atoms with E-state index in [1.165, 1.54) is 5.56 Å². The third kappa shape index (κ3) is 6.51. The van der Waals surface area contributed by atoms with Crippen LogP contribution in [0.1, 0.15) is 38.7 Å². The van der Waals surface area contributed by atoms with E-state index in [0.717, 1.165) is 18.7 Å². The molecule has 0 spiro atoms. The van der Waals surface area contributed by atoms with Crippen molar-refractivity contribution in [2.45, 2.75) is 39.7 Å². The zero-order valence-corrected chi connectivity index (χ0v) is 17.0. The largest absolute Gasteiger partial charge is 0.370 e. The molecule has 1 aromatic heterocycles. The van der Waals surface area contributed by atoms with E-state index in [9.17, 15) is 0 Å². The molecule has 6 heteroatoms. The van der Waals surface area contributed by atoms with Crippen LogP contribution in [0.2, 0.25) is 0 Å². The molecular weight excluding hydrogens is 413 g/mol. The normalized spacial score (nSPS) is 13.9. The summed E-state index contributed by atoms with van der Waals surface area (Å²) in [5, 5.41) is 7.35. The highest BCUT2D eigenvalue weighted by Gasteiger charge is 2.04. The fourth-order valence-electron chi connectivity index (χ4n) is 2.36. The molecular formula is C18H28IN5. The Labute approximate surface area is 161 Å². The van der Waals surface area contributed by atoms with Crippen molar-refractivity contribution < 1.29 is 0 Å². The van der Waals surface area contributed by atoms with E-state index < -0.39 is 0 Å². The Bertz CT molecular complexity index is 607. The molecule has 0 radical (unpaired) electrons. The molecule has 0 aliphatic carbocycles. The summed E-state index contributed by atoms with van der Waals surface area (Å²) in [6, 6.07) is 10.3. The molecule has 2 rings (SSSR count). The number of guanidine groups is 1. The van der Waals surface area contributed by atoms with Crippen molar-refractivity contribution in [2.75, 3.05) is 11.9 Å². The highest BCUT2D eigenvalue weighted by atomic mass is 127. The van der Waals surface area contributed by atoms with Gasteiger partial charge < -0.3 is 11.1 Å². The van der Waals surface area contributed by atoms with E-state index >= 15 is 0 Å². The molecule has 2 unspecified atom stereocenters. The minimum atomic E-state index is 0. The number of nitrogens with zero attached hydrogens (tertiary/aromatic N) is 3. The van der Waals surface area contributed by atoms with Crippen LogP contribution in [0, 0.1) is 5.92 Å². The number of nitrogens with one attached hydrogen (secondary N) is 1. The lowest BCUT2D eigenvalue weighted by atomic mass is 9.99. The molecule has 0 bridgehead atoms. The second kappa shape index (κ2) is 10.3. The number of nitrogens with two attached hydrogens (primary N) is 1. The van der Waals surface area contributed by atoms with Crippen molar-refractivity contribution >= 4 is 35.6 Å². The van der Waals surface area contributed by atoms with Crippen molar-refractivity contribution in [3.63, 3.8) is 0 Å². The van der Waals surface area contributed by atoms with E-state index in [-0.39, 0.29) is 24.0 Å². The van der Waals surface area contributed by atoms with Gasteiger partial charge in [-0.15, -0.1) is 24.0 Å². The lowest BCUT2D eigenvalue weighted by molar-refractivity contribution is 0.459. The number of benzene rings is 1. The quantitative estimate of drug-likeness (QED) is 0.387. The van der Waals surface area contributed by atoms with Crippen LogP contribution in [0.3, 0.4) is 0 Å². The van der Waals surface area contributed by atoms with Crippen molar-refractivity contribution in [3.05, 3.63) is 48.3 Å².